The van der Waals surface area contributed by atoms with E-state index in [1.54, 1.807) is 45.0 Å². The van der Waals surface area contributed by atoms with Crippen LogP contribution < -0.4 is 20.9 Å². The average molecular weight is 690 g/mol. The maximum atomic E-state index is 14.5. The van der Waals surface area contributed by atoms with E-state index < -0.39 is 65.2 Å². The third-order valence-electron chi connectivity index (χ3n) is 9.53. The molecule has 264 valence electrons. The second-order valence-electron chi connectivity index (χ2n) is 14.7. The van der Waals surface area contributed by atoms with Gasteiger partial charge < -0.3 is 35.4 Å². The molecule has 1 spiro atoms. The highest BCUT2D eigenvalue weighted by molar-refractivity contribution is 6.30. The molecule has 0 radical (unpaired) electrons. The standard InChI is InChI=1S/C34H48ClN5O8/c1-5-9-24(26(41)29(43)36-21-14-15-21)37-28(42)25-17-34(18-39(32(46)48-34)22-11-8-10-20(35)16-22)19-40(25)30(44)27(33(2,3)4)38-31(45)47-23-12-6-7-13-23/h8,10-11,16,21,23-27,41H,5-7,9,12-15,17-19H2,1-4H3,(H,36,43)(H,37,42)(H,38,45)/t24-,25-,26?,27+,34+/m0/s1. The van der Waals surface area contributed by atoms with E-state index >= 15 is 0 Å². The molecule has 1 aromatic carbocycles. The zero-order valence-corrected chi connectivity index (χ0v) is 28.9. The molecule has 5 rings (SSSR count). The van der Waals surface area contributed by atoms with Crippen LogP contribution in [0.15, 0.2) is 24.3 Å². The van der Waals surface area contributed by atoms with Gasteiger partial charge in [0.05, 0.1) is 19.1 Å². The highest BCUT2D eigenvalue weighted by Gasteiger charge is 2.58. The van der Waals surface area contributed by atoms with Crippen LogP contribution >= 0.6 is 11.6 Å². The van der Waals surface area contributed by atoms with Crippen molar-refractivity contribution in [2.45, 2.75) is 127 Å². The van der Waals surface area contributed by atoms with Crippen LogP contribution in [0, 0.1) is 5.41 Å². The Morgan fingerprint density at radius 1 is 1.10 bits per heavy atom. The summed E-state index contributed by atoms with van der Waals surface area (Å²) in [5.41, 5.74) is -1.54. The molecule has 2 saturated heterocycles. The average Bonchev–Trinajstić information content (AvgIpc) is 3.39. The van der Waals surface area contributed by atoms with E-state index in [0.29, 0.717) is 23.6 Å². The summed E-state index contributed by atoms with van der Waals surface area (Å²) in [6.45, 7) is 7.19. The molecule has 48 heavy (non-hydrogen) atoms. The minimum absolute atomic E-state index is 0.0228. The molecule has 14 heteroatoms. The van der Waals surface area contributed by atoms with E-state index in [0.717, 1.165) is 38.5 Å². The molecular formula is C34H48ClN5O8. The fraction of sp³-hybridized carbons (Fsp3) is 0.676. The molecule has 1 unspecified atom stereocenters. The van der Waals surface area contributed by atoms with Crippen molar-refractivity contribution in [1.29, 1.82) is 0 Å². The molecule has 2 heterocycles. The number of likely N-dealkylation sites (tertiary alicyclic amines) is 1. The van der Waals surface area contributed by atoms with E-state index in [9.17, 15) is 29.1 Å². The normalized spacial score (nSPS) is 24.6. The predicted octanol–water partition coefficient (Wildman–Crippen LogP) is 3.64. The molecule has 4 aliphatic rings. The SMILES string of the molecule is CCC[C@H](NC(=O)[C@@H]1C[C@@]2(CN(c3cccc(Cl)c3)C(=O)O2)CN1C(=O)[C@@H](NC(=O)OC1CCCC1)C(C)(C)C)C(O)C(=O)NC1CC1. The van der Waals surface area contributed by atoms with Gasteiger partial charge in [-0.1, -0.05) is 51.8 Å². The van der Waals surface area contributed by atoms with E-state index in [1.165, 1.54) is 9.80 Å². The van der Waals surface area contributed by atoms with Crippen molar-refractivity contribution in [3.8, 4) is 0 Å². The zero-order chi connectivity index (χ0) is 34.8. The van der Waals surface area contributed by atoms with Gasteiger partial charge >= 0.3 is 12.2 Å². The Morgan fingerprint density at radius 2 is 1.81 bits per heavy atom. The van der Waals surface area contributed by atoms with E-state index in [-0.39, 0.29) is 31.7 Å². The van der Waals surface area contributed by atoms with Crippen molar-refractivity contribution >= 4 is 47.2 Å². The third kappa shape index (κ3) is 8.34. The summed E-state index contributed by atoms with van der Waals surface area (Å²) in [5.74, 6) is -1.71. The van der Waals surface area contributed by atoms with Gasteiger partial charge in [-0.05, 0) is 68.6 Å². The minimum atomic E-state index is -1.49. The summed E-state index contributed by atoms with van der Waals surface area (Å²) in [5, 5.41) is 19.7. The number of nitrogens with zero attached hydrogens (tertiary/aromatic N) is 2. The number of ether oxygens (including phenoxy) is 2. The Labute approximate surface area is 286 Å². The van der Waals surface area contributed by atoms with Crippen molar-refractivity contribution in [3.05, 3.63) is 29.3 Å². The maximum Gasteiger partial charge on any atom is 0.415 e. The highest BCUT2D eigenvalue weighted by Crippen LogP contribution is 2.40. The fourth-order valence-corrected chi connectivity index (χ4v) is 6.97. The Morgan fingerprint density at radius 3 is 2.44 bits per heavy atom. The van der Waals surface area contributed by atoms with Crippen LogP contribution in [0.2, 0.25) is 5.02 Å². The first-order valence-electron chi connectivity index (χ1n) is 17.0. The first-order chi connectivity index (χ1) is 22.7. The number of alkyl carbamates (subject to hydrolysis) is 1. The lowest BCUT2D eigenvalue weighted by molar-refractivity contribution is -0.143. The summed E-state index contributed by atoms with van der Waals surface area (Å²) in [6, 6.07) is 3.62. The van der Waals surface area contributed by atoms with Crippen molar-refractivity contribution in [3.63, 3.8) is 0 Å². The van der Waals surface area contributed by atoms with Gasteiger partial charge in [0.25, 0.3) is 5.91 Å². The Balaban J connectivity index is 1.41. The zero-order valence-electron chi connectivity index (χ0n) is 28.1. The van der Waals surface area contributed by atoms with E-state index in [2.05, 4.69) is 16.0 Å². The van der Waals surface area contributed by atoms with Crippen LogP contribution in [0.3, 0.4) is 0 Å². The van der Waals surface area contributed by atoms with Gasteiger partial charge in [0.15, 0.2) is 11.7 Å². The molecule has 0 aromatic heterocycles. The molecule has 1 aromatic rings. The fourth-order valence-electron chi connectivity index (χ4n) is 6.79. The first kappa shape index (κ1) is 35.7. The molecule has 2 saturated carbocycles. The third-order valence-corrected chi connectivity index (χ3v) is 9.76. The molecule has 4 N–H and O–H groups in total. The number of halogens is 1. The number of carbonyl (C=O) groups is 5. The molecule has 5 amide bonds. The summed E-state index contributed by atoms with van der Waals surface area (Å²) in [7, 11) is 0. The van der Waals surface area contributed by atoms with Crippen molar-refractivity contribution in [2.75, 3.05) is 18.0 Å². The quantitative estimate of drug-likeness (QED) is 0.273. The highest BCUT2D eigenvalue weighted by atomic mass is 35.5. The van der Waals surface area contributed by atoms with Crippen LogP contribution in [0.1, 0.15) is 85.5 Å². The van der Waals surface area contributed by atoms with Gasteiger partial charge in [-0.2, -0.15) is 0 Å². The number of rotatable bonds is 11. The molecule has 13 nitrogen and oxygen atoms in total. The molecular weight excluding hydrogens is 642 g/mol. The summed E-state index contributed by atoms with van der Waals surface area (Å²) in [6.07, 6.45) is 2.90. The number of nitrogens with one attached hydrogen (secondary N) is 3. The predicted molar refractivity (Wildman–Crippen MR) is 177 cm³/mol. The number of hydrogen-bond donors (Lipinski definition) is 4. The minimum Gasteiger partial charge on any atom is -0.446 e. The topological polar surface area (TPSA) is 167 Å². The van der Waals surface area contributed by atoms with Crippen LogP contribution in [-0.2, 0) is 23.9 Å². The second-order valence-corrected chi connectivity index (χ2v) is 15.1. The lowest BCUT2D eigenvalue weighted by atomic mass is 9.85. The molecule has 5 atom stereocenters. The van der Waals surface area contributed by atoms with Crippen molar-refractivity contribution in [1.82, 2.24) is 20.9 Å². The monoisotopic (exact) mass is 689 g/mol. The molecule has 2 aliphatic heterocycles. The number of aliphatic hydroxyl groups is 1. The molecule has 2 aliphatic carbocycles. The van der Waals surface area contributed by atoms with Crippen LogP contribution in [0.5, 0.6) is 0 Å². The summed E-state index contributed by atoms with van der Waals surface area (Å²) >= 11 is 6.20. The van der Waals surface area contributed by atoms with Gasteiger partial charge in [0, 0.05) is 23.2 Å². The van der Waals surface area contributed by atoms with E-state index in [1.807, 2.05) is 6.92 Å². The van der Waals surface area contributed by atoms with Crippen molar-refractivity contribution < 1.29 is 38.6 Å². The largest absolute Gasteiger partial charge is 0.446 e. The summed E-state index contributed by atoms with van der Waals surface area (Å²) < 4.78 is 11.6. The van der Waals surface area contributed by atoms with Gasteiger partial charge in [0.2, 0.25) is 11.8 Å². The smallest absolute Gasteiger partial charge is 0.415 e. The number of anilines is 1. The lowest BCUT2D eigenvalue weighted by Crippen LogP contribution is -2.59. The van der Waals surface area contributed by atoms with E-state index in [4.69, 9.17) is 21.1 Å². The second kappa shape index (κ2) is 14.5. The maximum absolute atomic E-state index is 14.5. The first-order valence-corrected chi connectivity index (χ1v) is 17.4. The Bertz CT molecular complexity index is 1390. The molecule has 0 bridgehead atoms. The number of amides is 5. The number of carbonyl (C=O) groups excluding carboxylic acids is 5. The van der Waals surface area contributed by atoms with Gasteiger partial charge in [-0.15, -0.1) is 0 Å². The van der Waals surface area contributed by atoms with Crippen LogP contribution in [0.25, 0.3) is 0 Å². The number of hydrogen-bond acceptors (Lipinski definition) is 8. The lowest BCUT2D eigenvalue weighted by Gasteiger charge is -2.35. The van der Waals surface area contributed by atoms with Gasteiger partial charge in [-0.3, -0.25) is 19.3 Å². The molecule has 4 fully saturated rings. The number of benzene rings is 1. The Hall–Kier alpha value is -3.58. The van der Waals surface area contributed by atoms with Gasteiger partial charge in [0.1, 0.15) is 18.2 Å². The van der Waals surface area contributed by atoms with Crippen molar-refractivity contribution in [2.24, 2.45) is 5.41 Å². The van der Waals surface area contributed by atoms with Gasteiger partial charge in [-0.25, -0.2) is 9.59 Å². The summed E-state index contributed by atoms with van der Waals surface area (Å²) in [4.78, 5) is 70.3. The Kier molecular flexibility index (Phi) is 10.8. The number of aliphatic hydroxyl groups excluding tert-OH is 1. The van der Waals surface area contributed by atoms with Crippen LogP contribution in [-0.4, -0.2) is 95.0 Å². The van der Waals surface area contributed by atoms with Crippen LogP contribution in [0.4, 0.5) is 15.3 Å².